The van der Waals surface area contributed by atoms with Crippen LogP contribution >= 0.6 is 0 Å². The first kappa shape index (κ1) is 23.1. The number of nitrogens with zero attached hydrogens (tertiary/aromatic N) is 2. The van der Waals surface area contributed by atoms with E-state index in [1.54, 1.807) is 0 Å². The maximum atomic E-state index is 12.6. The summed E-state index contributed by atoms with van der Waals surface area (Å²) in [6.45, 7) is 0. The van der Waals surface area contributed by atoms with Gasteiger partial charge >= 0.3 is 12.4 Å². The Labute approximate surface area is 166 Å². The number of pyridine rings is 2. The SMILES string of the molecule is O=C(CCCCC(=O)Nc1cc(C(F)(F)F)ccn1)Nc1cc(C(F)(F)F)ccn1. The molecule has 0 saturated carbocycles. The number of aromatic nitrogens is 2. The van der Waals surface area contributed by atoms with Gasteiger partial charge in [0.2, 0.25) is 11.8 Å². The summed E-state index contributed by atoms with van der Waals surface area (Å²) < 4.78 is 75.8. The van der Waals surface area contributed by atoms with Gasteiger partial charge in [-0.15, -0.1) is 0 Å². The molecule has 0 aromatic carbocycles. The fraction of sp³-hybridized carbons (Fsp3) is 0.333. The molecule has 0 unspecified atom stereocenters. The number of nitrogens with one attached hydrogen (secondary N) is 2. The average Bonchev–Trinajstić information content (AvgIpc) is 2.64. The maximum absolute atomic E-state index is 12.6. The lowest BCUT2D eigenvalue weighted by molar-refractivity contribution is -0.138. The molecule has 0 radical (unpaired) electrons. The third kappa shape index (κ3) is 7.33. The van der Waals surface area contributed by atoms with Crippen LogP contribution in [-0.2, 0) is 21.9 Å². The molecule has 162 valence electrons. The zero-order valence-corrected chi connectivity index (χ0v) is 15.3. The number of anilines is 2. The predicted molar refractivity (Wildman–Crippen MR) is 94.2 cm³/mol. The smallest absolute Gasteiger partial charge is 0.311 e. The highest BCUT2D eigenvalue weighted by Crippen LogP contribution is 2.30. The van der Waals surface area contributed by atoms with Crippen molar-refractivity contribution in [2.24, 2.45) is 0 Å². The first-order chi connectivity index (χ1) is 13.9. The number of alkyl halides is 6. The van der Waals surface area contributed by atoms with Crippen molar-refractivity contribution in [3.05, 3.63) is 47.8 Å². The van der Waals surface area contributed by atoms with Gasteiger partial charge in [-0.1, -0.05) is 0 Å². The number of amides is 2. The molecule has 0 fully saturated rings. The number of hydrogen-bond donors (Lipinski definition) is 2. The van der Waals surface area contributed by atoms with Crippen molar-refractivity contribution in [1.29, 1.82) is 0 Å². The average molecular weight is 434 g/mol. The largest absolute Gasteiger partial charge is 0.416 e. The second-order valence-electron chi connectivity index (χ2n) is 6.16. The van der Waals surface area contributed by atoms with E-state index in [1.807, 2.05) is 0 Å². The van der Waals surface area contributed by atoms with E-state index in [4.69, 9.17) is 0 Å². The van der Waals surface area contributed by atoms with Gasteiger partial charge in [0.1, 0.15) is 11.6 Å². The first-order valence-electron chi connectivity index (χ1n) is 8.61. The molecule has 2 heterocycles. The second-order valence-corrected chi connectivity index (χ2v) is 6.16. The number of carbonyl (C=O) groups excluding carboxylic acids is 2. The molecule has 0 saturated heterocycles. The summed E-state index contributed by atoms with van der Waals surface area (Å²) in [7, 11) is 0. The van der Waals surface area contributed by atoms with E-state index in [9.17, 15) is 35.9 Å². The molecule has 2 N–H and O–H groups in total. The summed E-state index contributed by atoms with van der Waals surface area (Å²) in [5, 5.41) is 4.47. The van der Waals surface area contributed by atoms with Crippen LogP contribution in [0.2, 0.25) is 0 Å². The maximum Gasteiger partial charge on any atom is 0.416 e. The van der Waals surface area contributed by atoms with Gasteiger partial charge in [0.25, 0.3) is 0 Å². The van der Waals surface area contributed by atoms with E-state index < -0.39 is 35.3 Å². The van der Waals surface area contributed by atoms with Crippen LogP contribution in [0.25, 0.3) is 0 Å². The second kappa shape index (κ2) is 9.55. The summed E-state index contributed by atoms with van der Waals surface area (Å²) in [4.78, 5) is 30.9. The molecule has 0 bridgehead atoms. The molecule has 2 amide bonds. The Morgan fingerprint density at radius 3 is 1.43 bits per heavy atom. The fourth-order valence-electron chi connectivity index (χ4n) is 2.33. The molecule has 0 spiro atoms. The van der Waals surface area contributed by atoms with Gasteiger partial charge in [-0.3, -0.25) is 9.59 Å². The highest BCUT2D eigenvalue weighted by atomic mass is 19.4. The highest BCUT2D eigenvalue weighted by molar-refractivity contribution is 5.90. The minimum Gasteiger partial charge on any atom is -0.311 e. The van der Waals surface area contributed by atoms with Crippen LogP contribution in [0.4, 0.5) is 38.0 Å². The standard InChI is InChI=1S/C18H16F6N4O2/c19-17(20,21)11-5-7-25-13(9-11)27-15(29)3-1-2-4-16(30)28-14-10-12(6-8-26-14)18(22,23)24/h5-10H,1-4H2,(H,25,27,29)(H,26,28,30). The van der Waals surface area contributed by atoms with Crippen molar-refractivity contribution in [2.75, 3.05) is 10.6 Å². The van der Waals surface area contributed by atoms with Gasteiger partial charge in [0, 0.05) is 25.2 Å². The van der Waals surface area contributed by atoms with E-state index in [0.717, 1.165) is 24.5 Å². The molecule has 2 rings (SSSR count). The molecular formula is C18H16F6N4O2. The van der Waals surface area contributed by atoms with E-state index in [2.05, 4.69) is 20.6 Å². The van der Waals surface area contributed by atoms with Crippen LogP contribution in [0.1, 0.15) is 36.8 Å². The zero-order chi connectivity index (χ0) is 22.4. The van der Waals surface area contributed by atoms with Crippen molar-refractivity contribution in [1.82, 2.24) is 9.97 Å². The fourth-order valence-corrected chi connectivity index (χ4v) is 2.33. The van der Waals surface area contributed by atoms with E-state index in [-0.39, 0.29) is 37.3 Å². The Morgan fingerprint density at radius 2 is 1.10 bits per heavy atom. The van der Waals surface area contributed by atoms with Gasteiger partial charge in [0.15, 0.2) is 0 Å². The molecule has 0 aliphatic carbocycles. The number of rotatable bonds is 7. The summed E-state index contributed by atoms with van der Waals surface area (Å²) in [6.07, 6.45) is -6.98. The number of carbonyl (C=O) groups is 2. The first-order valence-corrected chi connectivity index (χ1v) is 8.61. The summed E-state index contributed by atoms with van der Waals surface area (Å²) in [5.74, 6) is -1.66. The third-order valence-electron chi connectivity index (χ3n) is 3.77. The molecule has 0 aliphatic rings. The topological polar surface area (TPSA) is 84.0 Å². The molecule has 30 heavy (non-hydrogen) atoms. The van der Waals surface area contributed by atoms with Gasteiger partial charge in [0.05, 0.1) is 11.1 Å². The molecule has 6 nitrogen and oxygen atoms in total. The zero-order valence-electron chi connectivity index (χ0n) is 15.3. The van der Waals surface area contributed by atoms with Gasteiger partial charge in [-0.25, -0.2) is 9.97 Å². The van der Waals surface area contributed by atoms with Crippen LogP contribution in [0.3, 0.4) is 0 Å². The van der Waals surface area contributed by atoms with Crippen LogP contribution in [-0.4, -0.2) is 21.8 Å². The minimum atomic E-state index is -4.57. The Hall–Kier alpha value is -3.18. The Balaban J connectivity index is 1.75. The van der Waals surface area contributed by atoms with Crippen molar-refractivity contribution in [3.63, 3.8) is 0 Å². The molecule has 0 atom stereocenters. The van der Waals surface area contributed by atoms with Crippen molar-refractivity contribution < 1.29 is 35.9 Å². The Morgan fingerprint density at radius 1 is 0.733 bits per heavy atom. The summed E-state index contributed by atoms with van der Waals surface area (Å²) in [6, 6.07) is 2.95. The summed E-state index contributed by atoms with van der Waals surface area (Å²) >= 11 is 0. The van der Waals surface area contributed by atoms with Crippen molar-refractivity contribution in [3.8, 4) is 0 Å². The molecule has 2 aromatic heterocycles. The molecule has 12 heteroatoms. The highest BCUT2D eigenvalue weighted by Gasteiger charge is 2.31. The Kier molecular flexibility index (Phi) is 7.35. The van der Waals surface area contributed by atoms with Crippen LogP contribution in [0, 0.1) is 0 Å². The van der Waals surface area contributed by atoms with E-state index in [0.29, 0.717) is 12.1 Å². The molecular weight excluding hydrogens is 418 g/mol. The van der Waals surface area contributed by atoms with Crippen LogP contribution in [0.15, 0.2) is 36.7 Å². The monoisotopic (exact) mass is 434 g/mol. The van der Waals surface area contributed by atoms with E-state index in [1.165, 1.54) is 0 Å². The predicted octanol–water partition coefficient (Wildman–Crippen LogP) is 4.65. The lowest BCUT2D eigenvalue weighted by Crippen LogP contribution is -2.15. The van der Waals surface area contributed by atoms with E-state index >= 15 is 0 Å². The minimum absolute atomic E-state index is 0.0764. The van der Waals surface area contributed by atoms with Crippen molar-refractivity contribution >= 4 is 23.5 Å². The normalized spacial score (nSPS) is 11.8. The number of hydrogen-bond acceptors (Lipinski definition) is 4. The van der Waals surface area contributed by atoms with Gasteiger partial charge in [-0.2, -0.15) is 26.3 Å². The van der Waals surface area contributed by atoms with Crippen molar-refractivity contribution in [2.45, 2.75) is 38.0 Å². The lowest BCUT2D eigenvalue weighted by atomic mass is 10.1. The molecule has 0 aliphatic heterocycles. The van der Waals surface area contributed by atoms with Crippen LogP contribution < -0.4 is 10.6 Å². The Bertz CT molecular complexity index is 825. The number of unbranched alkanes of at least 4 members (excludes halogenated alkanes) is 1. The quantitative estimate of drug-likeness (QED) is 0.491. The van der Waals surface area contributed by atoms with Crippen LogP contribution in [0.5, 0.6) is 0 Å². The lowest BCUT2D eigenvalue weighted by Gasteiger charge is -2.09. The third-order valence-corrected chi connectivity index (χ3v) is 3.77. The number of halogens is 6. The summed E-state index contributed by atoms with van der Waals surface area (Å²) in [5.41, 5.74) is -1.90. The van der Waals surface area contributed by atoms with Gasteiger partial charge in [-0.05, 0) is 37.1 Å². The van der Waals surface area contributed by atoms with Gasteiger partial charge < -0.3 is 10.6 Å². The molecule has 2 aromatic rings.